The fourth-order valence-electron chi connectivity index (χ4n) is 5.52. The van der Waals surface area contributed by atoms with Gasteiger partial charge in [-0.2, -0.15) is 0 Å². The highest BCUT2D eigenvalue weighted by Gasteiger charge is 2.40. The van der Waals surface area contributed by atoms with E-state index in [1.54, 1.807) is 0 Å². The number of hydrogen-bond acceptors (Lipinski definition) is 5. The minimum atomic E-state index is -0.564. The van der Waals surface area contributed by atoms with Crippen LogP contribution in [0.4, 0.5) is 0 Å². The summed E-state index contributed by atoms with van der Waals surface area (Å²) in [6.45, 7) is 2.29. The summed E-state index contributed by atoms with van der Waals surface area (Å²) in [5.41, 5.74) is 0.847. The Morgan fingerprint density at radius 3 is 2.12 bits per heavy atom. The topological polar surface area (TPSA) is 55.8 Å². The van der Waals surface area contributed by atoms with E-state index in [1.807, 2.05) is 30.3 Å². The fraction of sp³-hybridized carbons (Fsp3) is 0.724. The molecule has 0 aromatic heterocycles. The Hall–Kier alpha value is -1.88. The van der Waals surface area contributed by atoms with E-state index < -0.39 is 5.92 Å². The number of unbranched alkanes of at least 4 members (excludes halogenated alkanes) is 8. The number of carbonyl (C=O) groups is 2. The Morgan fingerprint density at radius 1 is 0.912 bits per heavy atom. The Morgan fingerprint density at radius 2 is 1.50 bits per heavy atom. The van der Waals surface area contributed by atoms with Crippen molar-refractivity contribution in [3.05, 3.63) is 35.9 Å². The van der Waals surface area contributed by atoms with Crippen molar-refractivity contribution in [1.82, 2.24) is 4.90 Å². The first-order valence-corrected chi connectivity index (χ1v) is 13.7. The molecule has 5 heteroatoms. The van der Waals surface area contributed by atoms with Crippen LogP contribution in [0.5, 0.6) is 0 Å². The zero-order valence-electron chi connectivity index (χ0n) is 21.4. The summed E-state index contributed by atoms with van der Waals surface area (Å²) in [4.78, 5) is 27.9. The highest BCUT2D eigenvalue weighted by Crippen LogP contribution is 2.36. The fourth-order valence-corrected chi connectivity index (χ4v) is 5.52. The summed E-state index contributed by atoms with van der Waals surface area (Å²) in [6, 6.07) is 10.6. The molecule has 1 aromatic rings. The van der Waals surface area contributed by atoms with Gasteiger partial charge in [-0.1, -0.05) is 88.6 Å². The number of piperidine rings is 1. The number of esters is 2. The van der Waals surface area contributed by atoms with Gasteiger partial charge in [-0.25, -0.2) is 0 Å². The lowest BCUT2D eigenvalue weighted by Gasteiger charge is -2.36. The molecule has 34 heavy (non-hydrogen) atoms. The first-order chi connectivity index (χ1) is 16.6. The average Bonchev–Trinajstić information content (AvgIpc) is 3.04. The maximum atomic E-state index is 13.1. The molecule has 3 rings (SSSR count). The Labute approximate surface area is 206 Å². The Kier molecular flexibility index (Phi) is 11.4. The van der Waals surface area contributed by atoms with Crippen LogP contribution in [0.25, 0.3) is 0 Å². The van der Waals surface area contributed by atoms with Crippen molar-refractivity contribution < 1.29 is 19.1 Å². The van der Waals surface area contributed by atoms with Crippen LogP contribution < -0.4 is 0 Å². The van der Waals surface area contributed by atoms with Crippen LogP contribution in [0, 0.1) is 0 Å². The van der Waals surface area contributed by atoms with Gasteiger partial charge in [0.05, 0.1) is 0 Å². The van der Waals surface area contributed by atoms with E-state index >= 15 is 0 Å². The number of ether oxygens (including phenoxy) is 2. The van der Waals surface area contributed by atoms with Crippen molar-refractivity contribution in [2.45, 2.75) is 121 Å². The lowest BCUT2D eigenvalue weighted by atomic mass is 9.98. The van der Waals surface area contributed by atoms with Crippen molar-refractivity contribution in [3.63, 3.8) is 0 Å². The van der Waals surface area contributed by atoms with Crippen molar-refractivity contribution in [2.75, 3.05) is 13.7 Å². The molecule has 4 atom stereocenters. The first-order valence-electron chi connectivity index (χ1n) is 13.7. The molecule has 0 saturated carbocycles. The van der Waals surface area contributed by atoms with Gasteiger partial charge in [-0.05, 0) is 44.7 Å². The van der Waals surface area contributed by atoms with E-state index in [9.17, 15) is 9.59 Å². The second-order valence-corrected chi connectivity index (χ2v) is 10.3. The van der Waals surface area contributed by atoms with Crippen molar-refractivity contribution in [3.8, 4) is 0 Å². The van der Waals surface area contributed by atoms with Crippen LogP contribution in [0.2, 0.25) is 0 Å². The van der Waals surface area contributed by atoms with Crippen molar-refractivity contribution in [1.29, 1.82) is 0 Å². The molecule has 0 amide bonds. The lowest BCUT2D eigenvalue weighted by molar-refractivity contribution is -0.158. The number of fused-ring (bicyclic) bond motifs is 2. The zero-order valence-corrected chi connectivity index (χ0v) is 21.4. The van der Waals surface area contributed by atoms with Crippen LogP contribution in [-0.2, 0) is 19.1 Å². The molecule has 2 heterocycles. The first kappa shape index (κ1) is 26.7. The van der Waals surface area contributed by atoms with Gasteiger partial charge < -0.3 is 14.4 Å². The van der Waals surface area contributed by atoms with Crippen molar-refractivity contribution in [2.24, 2.45) is 0 Å². The molecule has 0 radical (unpaired) electrons. The maximum Gasteiger partial charge on any atom is 0.317 e. The lowest BCUT2D eigenvalue weighted by Crippen LogP contribution is -2.44. The van der Waals surface area contributed by atoms with E-state index in [1.165, 1.54) is 57.8 Å². The zero-order chi connectivity index (χ0) is 24.2. The quantitative estimate of drug-likeness (QED) is 0.219. The normalized spacial score (nSPS) is 22.9. The van der Waals surface area contributed by atoms with Gasteiger partial charge in [-0.3, -0.25) is 9.59 Å². The van der Waals surface area contributed by atoms with Gasteiger partial charge in [0.15, 0.2) is 0 Å². The molecule has 2 aliphatic heterocycles. The minimum Gasteiger partial charge on any atom is -0.464 e. The molecular weight excluding hydrogens is 426 g/mol. The van der Waals surface area contributed by atoms with Gasteiger partial charge in [0.1, 0.15) is 18.6 Å². The molecular formula is C29H45NO4. The van der Waals surface area contributed by atoms with E-state index in [4.69, 9.17) is 9.47 Å². The number of benzene rings is 1. The van der Waals surface area contributed by atoms with Gasteiger partial charge in [0, 0.05) is 18.5 Å². The average molecular weight is 472 g/mol. The predicted molar refractivity (Wildman–Crippen MR) is 136 cm³/mol. The minimum absolute atomic E-state index is 0.0370. The number of carbonyl (C=O) groups excluding carboxylic acids is 2. The van der Waals surface area contributed by atoms with Crippen LogP contribution in [0.1, 0.15) is 108 Å². The third-order valence-corrected chi connectivity index (χ3v) is 7.72. The van der Waals surface area contributed by atoms with Gasteiger partial charge in [0.2, 0.25) is 0 Å². The summed E-state index contributed by atoms with van der Waals surface area (Å²) in [6.07, 6.45) is 15.5. The van der Waals surface area contributed by atoms with E-state index in [2.05, 4.69) is 18.9 Å². The number of nitrogens with zero attached hydrogens (tertiary/aromatic N) is 1. The van der Waals surface area contributed by atoms with E-state index in [0.29, 0.717) is 18.5 Å². The monoisotopic (exact) mass is 471 g/mol. The summed E-state index contributed by atoms with van der Waals surface area (Å²) < 4.78 is 11.5. The highest BCUT2D eigenvalue weighted by atomic mass is 16.6. The summed E-state index contributed by atoms with van der Waals surface area (Å²) in [5.74, 6) is -1.05. The van der Waals surface area contributed by atoms with Crippen LogP contribution in [-0.4, -0.2) is 48.7 Å². The molecule has 0 spiro atoms. The summed E-state index contributed by atoms with van der Waals surface area (Å²) in [7, 11) is 2.18. The molecule has 0 aliphatic carbocycles. The molecule has 0 N–H and O–H groups in total. The van der Waals surface area contributed by atoms with Crippen molar-refractivity contribution >= 4 is 11.9 Å². The van der Waals surface area contributed by atoms with E-state index in [-0.39, 0.29) is 24.6 Å². The van der Waals surface area contributed by atoms with Gasteiger partial charge in [-0.15, -0.1) is 0 Å². The molecule has 2 aliphatic rings. The smallest absolute Gasteiger partial charge is 0.317 e. The highest BCUT2D eigenvalue weighted by molar-refractivity contribution is 5.79. The molecule has 1 aromatic carbocycles. The third-order valence-electron chi connectivity index (χ3n) is 7.72. The maximum absolute atomic E-state index is 13.1. The van der Waals surface area contributed by atoms with Crippen LogP contribution in [0.3, 0.4) is 0 Å². The molecule has 5 nitrogen and oxygen atoms in total. The molecule has 2 bridgehead atoms. The SMILES string of the molecule is CCCCCCCCCCCC(=O)OCC(C(=O)O[C@H]1C[C@H]2CC[C@@H](C1)N2C)c1ccccc1. The predicted octanol–water partition coefficient (Wildman–Crippen LogP) is 6.40. The molecule has 1 unspecified atom stereocenters. The molecule has 2 saturated heterocycles. The second kappa shape index (κ2) is 14.5. The number of hydrogen-bond donors (Lipinski definition) is 0. The summed E-state index contributed by atoms with van der Waals surface area (Å²) in [5, 5.41) is 0. The Bertz CT molecular complexity index is 723. The second-order valence-electron chi connectivity index (χ2n) is 10.3. The van der Waals surface area contributed by atoms with Gasteiger partial charge in [0.25, 0.3) is 0 Å². The Balaban J connectivity index is 1.40. The van der Waals surface area contributed by atoms with Crippen LogP contribution in [0.15, 0.2) is 30.3 Å². The molecule has 2 fully saturated rings. The standard InChI is InChI=1S/C29H45NO4/c1-3-4-5-6-7-8-9-10-14-17-28(31)33-22-27(23-15-12-11-13-16-23)29(32)34-26-20-24-18-19-25(21-26)30(24)2/h11-13,15-16,24-27H,3-10,14,17-22H2,1-2H3/t24-,25+,26+,27?. The largest absolute Gasteiger partial charge is 0.464 e. The van der Waals surface area contributed by atoms with E-state index in [0.717, 1.165) is 31.2 Å². The number of rotatable bonds is 15. The molecule has 190 valence electrons. The van der Waals surface area contributed by atoms with Gasteiger partial charge >= 0.3 is 11.9 Å². The summed E-state index contributed by atoms with van der Waals surface area (Å²) >= 11 is 0. The van der Waals surface area contributed by atoms with Crippen LogP contribution >= 0.6 is 0 Å². The third kappa shape index (κ3) is 8.41.